The van der Waals surface area contributed by atoms with Gasteiger partial charge >= 0.3 is 6.09 Å². The average molecular weight is 244 g/mol. The molecule has 0 aromatic heterocycles. The number of alkyl carbamates (subject to hydrolysis) is 1. The van der Waals surface area contributed by atoms with Crippen LogP contribution in [0.2, 0.25) is 0 Å². The lowest BCUT2D eigenvalue weighted by Gasteiger charge is -2.27. The van der Waals surface area contributed by atoms with Crippen molar-refractivity contribution in [1.82, 2.24) is 5.32 Å². The first kappa shape index (κ1) is 15.9. The fraction of sp³-hybridized carbons (Fsp3) is 0.667. The molecule has 0 saturated heterocycles. The molecule has 0 aliphatic carbocycles. The van der Waals surface area contributed by atoms with Crippen molar-refractivity contribution >= 4 is 6.09 Å². The SMILES string of the molecule is [CH2]C[N+](C)(C)CCOCCNC(=O)OCC=C. The first-order chi connectivity index (χ1) is 8.02. The summed E-state index contributed by atoms with van der Waals surface area (Å²) in [6.45, 7) is 10.9. The molecule has 0 fully saturated rings. The number of quaternary nitrogens is 1. The van der Waals surface area contributed by atoms with E-state index in [1.807, 2.05) is 0 Å². The Morgan fingerprint density at radius 2 is 2.12 bits per heavy atom. The number of hydrogen-bond donors (Lipinski definition) is 1. The molecule has 0 bridgehead atoms. The number of rotatable bonds is 9. The second-order valence-corrected chi connectivity index (χ2v) is 4.31. The van der Waals surface area contributed by atoms with Crippen molar-refractivity contribution in [2.45, 2.75) is 0 Å². The molecule has 0 rings (SSSR count). The van der Waals surface area contributed by atoms with E-state index in [0.29, 0.717) is 19.8 Å². The van der Waals surface area contributed by atoms with Crippen molar-refractivity contribution in [3.8, 4) is 0 Å². The fourth-order valence-electron chi connectivity index (χ4n) is 0.936. The van der Waals surface area contributed by atoms with Crippen LogP contribution in [0.3, 0.4) is 0 Å². The van der Waals surface area contributed by atoms with Gasteiger partial charge in [0, 0.05) is 13.5 Å². The summed E-state index contributed by atoms with van der Waals surface area (Å²) in [6.07, 6.45) is 1.08. The van der Waals surface area contributed by atoms with E-state index in [9.17, 15) is 4.79 Å². The zero-order chi connectivity index (χ0) is 13.1. The third kappa shape index (κ3) is 9.84. The number of carbonyl (C=O) groups excluding carboxylic acids is 1. The van der Waals surface area contributed by atoms with Crippen LogP contribution in [0.4, 0.5) is 4.79 Å². The highest BCUT2D eigenvalue weighted by Crippen LogP contribution is 1.94. The molecular formula is C12H24N2O3+. The molecule has 0 unspecified atom stereocenters. The minimum Gasteiger partial charge on any atom is -0.445 e. The molecule has 1 amide bonds. The Kier molecular flexibility index (Phi) is 8.44. The van der Waals surface area contributed by atoms with Crippen LogP contribution in [0, 0.1) is 6.92 Å². The summed E-state index contributed by atoms with van der Waals surface area (Å²) in [5.41, 5.74) is 0. The lowest BCUT2D eigenvalue weighted by atomic mass is 10.4. The number of hydrogen-bond acceptors (Lipinski definition) is 3. The van der Waals surface area contributed by atoms with Crippen molar-refractivity contribution in [3.05, 3.63) is 19.6 Å². The lowest BCUT2D eigenvalue weighted by Crippen LogP contribution is -2.42. The smallest absolute Gasteiger partial charge is 0.407 e. The molecule has 5 heteroatoms. The quantitative estimate of drug-likeness (QED) is 0.371. The van der Waals surface area contributed by atoms with E-state index in [4.69, 9.17) is 9.47 Å². The molecule has 0 aromatic rings. The van der Waals surface area contributed by atoms with Crippen LogP contribution in [-0.4, -0.2) is 64.1 Å². The predicted molar refractivity (Wildman–Crippen MR) is 67.6 cm³/mol. The standard InChI is InChI=1S/C12H23N2O3/c1-5-9-17-12(15)13-7-10-16-11-8-14(3,4)6-2/h5H,1-2,6-11H2,3-4H3/p+1. The molecule has 0 aliphatic rings. The van der Waals surface area contributed by atoms with E-state index < -0.39 is 6.09 Å². The first-order valence-corrected chi connectivity index (χ1v) is 5.72. The van der Waals surface area contributed by atoms with Gasteiger partial charge < -0.3 is 19.3 Å². The highest BCUT2D eigenvalue weighted by Gasteiger charge is 2.10. The normalized spacial score (nSPS) is 11.0. The van der Waals surface area contributed by atoms with Gasteiger partial charge in [-0.3, -0.25) is 0 Å². The number of amides is 1. The van der Waals surface area contributed by atoms with Crippen LogP contribution < -0.4 is 5.32 Å². The molecule has 0 atom stereocenters. The summed E-state index contributed by atoms with van der Waals surface area (Å²) in [7, 11) is 4.20. The van der Waals surface area contributed by atoms with Crippen LogP contribution in [-0.2, 0) is 9.47 Å². The van der Waals surface area contributed by atoms with Gasteiger partial charge in [0.15, 0.2) is 0 Å². The molecule has 17 heavy (non-hydrogen) atoms. The van der Waals surface area contributed by atoms with Crippen molar-refractivity contribution in [2.24, 2.45) is 0 Å². The minimum atomic E-state index is -0.442. The fourth-order valence-corrected chi connectivity index (χ4v) is 0.936. The predicted octanol–water partition coefficient (Wildman–Crippen LogP) is 0.826. The molecular weight excluding hydrogens is 220 g/mol. The molecule has 0 aliphatic heterocycles. The number of carbonyl (C=O) groups is 1. The zero-order valence-corrected chi connectivity index (χ0v) is 10.9. The number of nitrogens with one attached hydrogen (secondary N) is 1. The second-order valence-electron chi connectivity index (χ2n) is 4.31. The maximum absolute atomic E-state index is 11.0. The van der Waals surface area contributed by atoms with Gasteiger partial charge in [0.1, 0.15) is 13.2 Å². The highest BCUT2D eigenvalue weighted by atomic mass is 16.5. The highest BCUT2D eigenvalue weighted by molar-refractivity contribution is 5.67. The van der Waals surface area contributed by atoms with Crippen LogP contribution in [0.1, 0.15) is 0 Å². The van der Waals surface area contributed by atoms with Gasteiger partial charge in [0.25, 0.3) is 0 Å². The molecule has 0 saturated carbocycles. The van der Waals surface area contributed by atoms with Crippen LogP contribution in [0.15, 0.2) is 12.7 Å². The van der Waals surface area contributed by atoms with E-state index in [1.165, 1.54) is 6.08 Å². The Hall–Kier alpha value is -1.07. The van der Waals surface area contributed by atoms with Crippen molar-refractivity contribution in [2.75, 3.05) is 53.6 Å². The summed E-state index contributed by atoms with van der Waals surface area (Å²) in [6, 6.07) is 0. The Morgan fingerprint density at radius 3 is 2.71 bits per heavy atom. The van der Waals surface area contributed by atoms with Crippen molar-refractivity contribution < 1.29 is 18.8 Å². The van der Waals surface area contributed by atoms with E-state index >= 15 is 0 Å². The van der Waals surface area contributed by atoms with Crippen LogP contribution in [0.25, 0.3) is 0 Å². The molecule has 0 spiro atoms. The van der Waals surface area contributed by atoms with Crippen LogP contribution >= 0.6 is 0 Å². The third-order valence-electron chi connectivity index (χ3n) is 2.29. The molecule has 0 heterocycles. The topological polar surface area (TPSA) is 47.6 Å². The van der Waals surface area contributed by atoms with E-state index in [0.717, 1.165) is 17.6 Å². The third-order valence-corrected chi connectivity index (χ3v) is 2.29. The summed E-state index contributed by atoms with van der Waals surface area (Å²) >= 11 is 0. The summed E-state index contributed by atoms with van der Waals surface area (Å²) < 4.78 is 11.0. The number of nitrogens with zero attached hydrogens (tertiary/aromatic N) is 1. The van der Waals surface area contributed by atoms with E-state index in [-0.39, 0.29) is 6.61 Å². The Labute approximate surface area is 104 Å². The number of likely N-dealkylation sites (N-methyl/N-ethyl adjacent to an activating group) is 1. The van der Waals surface area contributed by atoms with Gasteiger partial charge in [-0.15, -0.1) is 0 Å². The molecule has 5 nitrogen and oxygen atoms in total. The van der Waals surface area contributed by atoms with Gasteiger partial charge in [-0.05, 0) is 0 Å². The van der Waals surface area contributed by atoms with Gasteiger partial charge in [0.05, 0.1) is 33.9 Å². The summed E-state index contributed by atoms with van der Waals surface area (Å²) in [4.78, 5) is 11.0. The molecule has 99 valence electrons. The van der Waals surface area contributed by atoms with E-state index in [2.05, 4.69) is 32.9 Å². The van der Waals surface area contributed by atoms with Gasteiger partial charge in [-0.25, -0.2) is 4.79 Å². The molecule has 0 aromatic carbocycles. The van der Waals surface area contributed by atoms with Gasteiger partial charge in [0.2, 0.25) is 0 Å². The van der Waals surface area contributed by atoms with Gasteiger partial charge in [-0.2, -0.15) is 0 Å². The van der Waals surface area contributed by atoms with E-state index in [1.54, 1.807) is 0 Å². The summed E-state index contributed by atoms with van der Waals surface area (Å²) in [5.74, 6) is 0. The van der Waals surface area contributed by atoms with Gasteiger partial charge in [-0.1, -0.05) is 12.7 Å². The average Bonchev–Trinajstić information content (AvgIpc) is 2.31. The lowest BCUT2D eigenvalue weighted by molar-refractivity contribution is -0.885. The maximum atomic E-state index is 11.0. The Balaban J connectivity index is 3.35. The Morgan fingerprint density at radius 1 is 1.41 bits per heavy atom. The van der Waals surface area contributed by atoms with Crippen LogP contribution in [0.5, 0.6) is 0 Å². The van der Waals surface area contributed by atoms with Crippen molar-refractivity contribution in [3.63, 3.8) is 0 Å². The minimum absolute atomic E-state index is 0.224. The number of ether oxygens (including phenoxy) is 2. The molecule has 1 radical (unpaired) electrons. The monoisotopic (exact) mass is 244 g/mol. The largest absolute Gasteiger partial charge is 0.445 e. The Bertz CT molecular complexity index is 230. The van der Waals surface area contributed by atoms with Crippen molar-refractivity contribution in [1.29, 1.82) is 0 Å². The second kappa shape index (κ2) is 9.01. The first-order valence-electron chi connectivity index (χ1n) is 5.72. The maximum Gasteiger partial charge on any atom is 0.407 e. The summed E-state index contributed by atoms with van der Waals surface area (Å²) in [5, 5.41) is 2.58. The zero-order valence-electron chi connectivity index (χ0n) is 10.9. The molecule has 1 N–H and O–H groups in total.